The van der Waals surface area contributed by atoms with Crippen molar-refractivity contribution in [1.29, 1.82) is 0 Å². The summed E-state index contributed by atoms with van der Waals surface area (Å²) in [7, 11) is 0. The minimum atomic E-state index is -0.622. The quantitative estimate of drug-likeness (QED) is 0.566. The molecule has 0 amide bonds. The summed E-state index contributed by atoms with van der Waals surface area (Å²) in [5.74, 6) is -0.836. The molecule has 0 fully saturated rings. The minimum Gasteiger partial charge on any atom is -0.488 e. The maximum Gasteiger partial charge on any atom is 0.132 e. The molecule has 2 aromatic carbocycles. The Morgan fingerprint density at radius 2 is 1.84 bits per heavy atom. The zero-order chi connectivity index (χ0) is 17.8. The van der Waals surface area contributed by atoms with E-state index in [0.717, 1.165) is 15.2 Å². The Balaban J connectivity index is 1.60. The fraction of sp³-hybridized carbons (Fsp3) is 0.158. The Morgan fingerprint density at radius 3 is 2.56 bits per heavy atom. The summed E-state index contributed by atoms with van der Waals surface area (Å²) >= 11 is 2.17. The monoisotopic (exact) mass is 457 g/mol. The first kappa shape index (κ1) is 17.8. The molecule has 1 heterocycles. The van der Waals surface area contributed by atoms with Gasteiger partial charge in [0.05, 0.1) is 10.1 Å². The van der Waals surface area contributed by atoms with Gasteiger partial charge in [0.1, 0.15) is 29.8 Å². The maximum atomic E-state index is 13.6. The second kappa shape index (κ2) is 7.95. The third-order valence-electron chi connectivity index (χ3n) is 3.72. The second-order valence-corrected chi connectivity index (χ2v) is 6.95. The number of halogens is 4. The first-order valence-electron chi connectivity index (χ1n) is 7.63. The van der Waals surface area contributed by atoms with Gasteiger partial charge in [0.15, 0.2) is 0 Å². The van der Waals surface area contributed by atoms with Gasteiger partial charge in [0.25, 0.3) is 0 Å². The molecule has 0 spiro atoms. The van der Waals surface area contributed by atoms with Crippen molar-refractivity contribution in [2.75, 3.05) is 6.54 Å². The van der Waals surface area contributed by atoms with Crippen molar-refractivity contribution in [1.82, 2.24) is 4.90 Å². The molecule has 2 aromatic rings. The first-order valence-corrected chi connectivity index (χ1v) is 8.71. The molecular formula is C19H15F3INO. The molecule has 0 aromatic heterocycles. The van der Waals surface area contributed by atoms with Crippen molar-refractivity contribution in [2.24, 2.45) is 0 Å². The van der Waals surface area contributed by atoms with Gasteiger partial charge >= 0.3 is 0 Å². The van der Waals surface area contributed by atoms with Crippen LogP contribution in [-0.2, 0) is 17.9 Å². The van der Waals surface area contributed by atoms with Gasteiger partial charge in [0.2, 0.25) is 0 Å². The Morgan fingerprint density at radius 1 is 1.04 bits per heavy atom. The lowest BCUT2D eigenvalue weighted by atomic mass is 10.2. The Hall–Kier alpha value is -1.96. The average molecular weight is 457 g/mol. The molecule has 0 unspecified atom stereocenters. The van der Waals surface area contributed by atoms with Crippen molar-refractivity contribution in [3.8, 4) is 0 Å². The number of nitrogens with zero attached hydrogens (tertiary/aromatic N) is 1. The van der Waals surface area contributed by atoms with E-state index >= 15 is 0 Å². The molecule has 25 heavy (non-hydrogen) atoms. The largest absolute Gasteiger partial charge is 0.488 e. The summed E-state index contributed by atoms with van der Waals surface area (Å²) in [6, 6.07) is 9.91. The van der Waals surface area contributed by atoms with E-state index in [9.17, 15) is 13.2 Å². The zero-order valence-corrected chi connectivity index (χ0v) is 15.3. The summed E-state index contributed by atoms with van der Waals surface area (Å²) in [5.41, 5.74) is 1.18. The fourth-order valence-corrected chi connectivity index (χ4v) is 3.25. The van der Waals surface area contributed by atoms with E-state index in [0.29, 0.717) is 24.4 Å². The summed E-state index contributed by atoms with van der Waals surface area (Å²) in [6.45, 7) is 1.23. The predicted octanol–water partition coefficient (Wildman–Crippen LogP) is 5.30. The third kappa shape index (κ3) is 4.78. The zero-order valence-electron chi connectivity index (χ0n) is 13.2. The van der Waals surface area contributed by atoms with Gasteiger partial charge in [-0.1, -0.05) is 12.1 Å². The van der Waals surface area contributed by atoms with Crippen LogP contribution in [0.2, 0.25) is 0 Å². The van der Waals surface area contributed by atoms with Crippen LogP contribution >= 0.6 is 22.6 Å². The lowest BCUT2D eigenvalue weighted by molar-refractivity contribution is 0.200. The highest BCUT2D eigenvalue weighted by Gasteiger charge is 2.14. The topological polar surface area (TPSA) is 12.5 Å². The van der Waals surface area contributed by atoms with Crippen molar-refractivity contribution in [3.63, 3.8) is 0 Å². The molecule has 0 bridgehead atoms. The Kier molecular flexibility index (Phi) is 5.67. The third-order valence-corrected chi connectivity index (χ3v) is 4.59. The molecule has 0 radical (unpaired) electrons. The van der Waals surface area contributed by atoms with Gasteiger partial charge < -0.3 is 9.64 Å². The van der Waals surface area contributed by atoms with Crippen LogP contribution in [0.4, 0.5) is 13.2 Å². The van der Waals surface area contributed by atoms with Crippen LogP contribution in [0.1, 0.15) is 11.1 Å². The Bertz CT molecular complexity index is 835. The molecule has 2 nitrogen and oxygen atoms in total. The molecule has 130 valence electrons. The average Bonchev–Trinajstić information content (AvgIpc) is 2.55. The molecule has 0 saturated carbocycles. The second-order valence-electron chi connectivity index (χ2n) is 5.64. The van der Waals surface area contributed by atoms with E-state index in [1.165, 1.54) is 24.3 Å². The molecule has 0 atom stereocenters. The summed E-state index contributed by atoms with van der Waals surface area (Å²) < 4.78 is 46.4. The number of ether oxygens (including phenoxy) is 1. The number of hydrogen-bond acceptors (Lipinski definition) is 2. The smallest absolute Gasteiger partial charge is 0.132 e. The van der Waals surface area contributed by atoms with Gasteiger partial charge in [-0.2, -0.15) is 0 Å². The minimum absolute atomic E-state index is 0.0299. The summed E-state index contributed by atoms with van der Waals surface area (Å²) in [6.07, 6.45) is 3.66. The summed E-state index contributed by atoms with van der Waals surface area (Å²) in [4.78, 5) is 2.03. The molecule has 0 N–H and O–H groups in total. The molecule has 0 aliphatic carbocycles. The number of rotatable bonds is 5. The fourth-order valence-electron chi connectivity index (χ4n) is 2.47. The molecule has 1 aliphatic heterocycles. The van der Waals surface area contributed by atoms with Crippen molar-refractivity contribution in [3.05, 3.63) is 92.7 Å². The highest BCUT2D eigenvalue weighted by atomic mass is 127. The van der Waals surface area contributed by atoms with Crippen molar-refractivity contribution in [2.45, 2.75) is 13.2 Å². The van der Waals surface area contributed by atoms with E-state index < -0.39 is 11.6 Å². The molecule has 0 saturated heterocycles. The molecular weight excluding hydrogens is 442 g/mol. The number of hydrogen-bond donors (Lipinski definition) is 0. The van der Waals surface area contributed by atoms with Crippen molar-refractivity contribution >= 4 is 22.6 Å². The first-order chi connectivity index (χ1) is 12.0. The van der Waals surface area contributed by atoms with Crippen LogP contribution in [0.15, 0.2) is 64.1 Å². The highest BCUT2D eigenvalue weighted by molar-refractivity contribution is 14.1. The van der Waals surface area contributed by atoms with E-state index in [2.05, 4.69) is 22.6 Å². The molecule has 1 aliphatic rings. The van der Waals surface area contributed by atoms with Crippen LogP contribution in [-0.4, -0.2) is 11.4 Å². The lowest BCUT2D eigenvalue weighted by Crippen LogP contribution is -2.22. The standard InChI is InChI=1S/C19H15F3INO/c20-15-3-1-2-13(8-15)10-24-7-6-19(18(23)11-24)25-12-14-4-5-16(21)9-17(14)22/h1-9H,10-12H2. The van der Waals surface area contributed by atoms with E-state index in [1.807, 2.05) is 17.2 Å². The van der Waals surface area contributed by atoms with Crippen LogP contribution in [0.5, 0.6) is 0 Å². The van der Waals surface area contributed by atoms with E-state index in [4.69, 9.17) is 4.74 Å². The maximum absolute atomic E-state index is 13.6. The van der Waals surface area contributed by atoms with Crippen LogP contribution in [0.3, 0.4) is 0 Å². The van der Waals surface area contributed by atoms with E-state index in [1.54, 1.807) is 12.1 Å². The molecule has 6 heteroatoms. The van der Waals surface area contributed by atoms with Gasteiger partial charge in [0, 0.05) is 24.4 Å². The van der Waals surface area contributed by atoms with Crippen molar-refractivity contribution < 1.29 is 17.9 Å². The van der Waals surface area contributed by atoms with Gasteiger partial charge in [-0.25, -0.2) is 13.2 Å². The van der Waals surface area contributed by atoms with Gasteiger partial charge in [-0.15, -0.1) is 0 Å². The van der Waals surface area contributed by atoms with Crippen LogP contribution in [0.25, 0.3) is 0 Å². The lowest BCUT2D eigenvalue weighted by Gasteiger charge is -2.25. The van der Waals surface area contributed by atoms with Gasteiger partial charge in [-0.05, 0) is 58.5 Å². The summed E-state index contributed by atoms with van der Waals surface area (Å²) in [5, 5.41) is 0. The van der Waals surface area contributed by atoms with E-state index in [-0.39, 0.29) is 12.4 Å². The van der Waals surface area contributed by atoms with Gasteiger partial charge in [-0.3, -0.25) is 0 Å². The molecule has 3 rings (SSSR count). The normalized spacial score (nSPS) is 14.2. The highest BCUT2D eigenvalue weighted by Crippen LogP contribution is 2.24. The Labute approximate surface area is 157 Å². The number of benzene rings is 2. The number of allylic oxidation sites excluding steroid dienone is 1. The van der Waals surface area contributed by atoms with Crippen LogP contribution < -0.4 is 0 Å². The predicted molar refractivity (Wildman–Crippen MR) is 98.1 cm³/mol. The SMILES string of the molecule is Fc1cccc(CN2C=CC(OCc3ccc(F)cc3F)=C(I)C2)c1. The van der Waals surface area contributed by atoms with Crippen LogP contribution in [0, 0.1) is 17.5 Å².